The van der Waals surface area contributed by atoms with Gasteiger partial charge in [0.2, 0.25) is 0 Å². The Labute approximate surface area is 142 Å². The molecule has 1 aromatic carbocycles. The highest BCUT2D eigenvalue weighted by Crippen LogP contribution is 2.46. The molecule has 1 aromatic rings. The Kier molecular flexibility index (Phi) is 4.35. The van der Waals surface area contributed by atoms with Gasteiger partial charge in [0.05, 0.1) is 18.2 Å². The molecule has 0 saturated carbocycles. The summed E-state index contributed by atoms with van der Waals surface area (Å²) in [6.45, 7) is 7.88. The third kappa shape index (κ3) is 2.90. The van der Waals surface area contributed by atoms with E-state index in [0.717, 1.165) is 29.0 Å². The highest BCUT2D eigenvalue weighted by molar-refractivity contribution is 6.13. The summed E-state index contributed by atoms with van der Waals surface area (Å²) in [6.07, 6.45) is 4.18. The monoisotopic (exact) mass is 329 g/mol. The number of hydrogen-bond acceptors (Lipinski definition) is 4. The lowest BCUT2D eigenvalue weighted by atomic mass is 10.0. The molecule has 0 saturated heterocycles. The van der Waals surface area contributed by atoms with Gasteiger partial charge in [0.15, 0.2) is 0 Å². The molecule has 2 amide bonds. The normalized spacial score (nSPS) is 19.6. The molecule has 0 bridgehead atoms. The van der Waals surface area contributed by atoms with Crippen LogP contribution in [0.4, 0.5) is 0 Å². The minimum atomic E-state index is -0.292. The highest BCUT2D eigenvalue weighted by atomic mass is 16.5. The van der Waals surface area contributed by atoms with E-state index in [1.807, 2.05) is 39.8 Å². The van der Waals surface area contributed by atoms with E-state index >= 15 is 0 Å². The predicted molar refractivity (Wildman–Crippen MR) is 90.0 cm³/mol. The van der Waals surface area contributed by atoms with E-state index in [-0.39, 0.29) is 30.1 Å². The van der Waals surface area contributed by atoms with Crippen LogP contribution in [0.1, 0.15) is 51.3 Å². The van der Waals surface area contributed by atoms with E-state index in [0.29, 0.717) is 6.42 Å². The molecular formula is C19H23NO4. The zero-order valence-corrected chi connectivity index (χ0v) is 14.5. The van der Waals surface area contributed by atoms with Crippen LogP contribution in [-0.4, -0.2) is 28.9 Å². The van der Waals surface area contributed by atoms with Crippen molar-refractivity contribution in [3.63, 3.8) is 0 Å². The number of hydrogen-bond donors (Lipinski definition) is 0. The van der Waals surface area contributed by atoms with Crippen molar-refractivity contribution >= 4 is 11.8 Å². The maximum Gasteiger partial charge on any atom is 0.254 e. The second kappa shape index (κ2) is 6.30. The van der Waals surface area contributed by atoms with E-state index in [2.05, 4.69) is 0 Å². The van der Waals surface area contributed by atoms with Gasteiger partial charge >= 0.3 is 0 Å². The fraction of sp³-hybridized carbons (Fsp3) is 0.474. The summed E-state index contributed by atoms with van der Waals surface area (Å²) in [5.74, 6) is 1.02. The predicted octanol–water partition coefficient (Wildman–Crippen LogP) is 3.17. The minimum Gasteiger partial charge on any atom is -0.491 e. The average Bonchev–Trinajstić information content (AvgIpc) is 3.05. The molecule has 3 rings (SSSR count). The van der Waals surface area contributed by atoms with Gasteiger partial charge in [-0.05, 0) is 52.7 Å². The fourth-order valence-corrected chi connectivity index (χ4v) is 3.37. The van der Waals surface area contributed by atoms with Crippen LogP contribution in [0.3, 0.4) is 0 Å². The third-order valence-corrected chi connectivity index (χ3v) is 4.16. The molecule has 1 aliphatic carbocycles. The topological polar surface area (TPSA) is 55.8 Å². The van der Waals surface area contributed by atoms with Gasteiger partial charge in [-0.2, -0.15) is 0 Å². The second-order valence-electron chi connectivity index (χ2n) is 6.72. The molecule has 2 aliphatic rings. The molecule has 0 N–H and O–H groups in total. The molecule has 0 unspecified atom stereocenters. The van der Waals surface area contributed by atoms with Gasteiger partial charge in [0.25, 0.3) is 11.8 Å². The molecule has 0 spiro atoms. The van der Waals surface area contributed by atoms with E-state index < -0.39 is 0 Å². The van der Waals surface area contributed by atoms with E-state index in [9.17, 15) is 9.59 Å². The van der Waals surface area contributed by atoms with Crippen molar-refractivity contribution in [2.24, 2.45) is 0 Å². The second-order valence-corrected chi connectivity index (χ2v) is 6.72. The summed E-state index contributed by atoms with van der Waals surface area (Å²) in [4.78, 5) is 25.6. The molecule has 1 heterocycles. The van der Waals surface area contributed by atoms with Crippen molar-refractivity contribution in [1.29, 1.82) is 0 Å². The molecule has 24 heavy (non-hydrogen) atoms. The Hall–Kier alpha value is -2.30. The van der Waals surface area contributed by atoms with E-state index in [1.165, 1.54) is 17.1 Å². The first-order valence-corrected chi connectivity index (χ1v) is 8.42. The van der Waals surface area contributed by atoms with E-state index in [4.69, 9.17) is 9.47 Å². The van der Waals surface area contributed by atoms with Crippen LogP contribution >= 0.6 is 0 Å². The highest BCUT2D eigenvalue weighted by Gasteiger charge is 2.39. The largest absolute Gasteiger partial charge is 0.491 e. The SMILES string of the molecule is CC(C)Oc1ccc(OC(C)C)c2c1CC[C@@H]2N1C(=O)C=CC1=O. The zero-order chi connectivity index (χ0) is 17.4. The number of imide groups is 1. The Morgan fingerprint density at radius 3 is 2.08 bits per heavy atom. The lowest BCUT2D eigenvalue weighted by molar-refractivity contribution is -0.139. The van der Waals surface area contributed by atoms with Crippen molar-refractivity contribution in [3.8, 4) is 11.5 Å². The standard InChI is InChI=1S/C19H23NO4/c1-11(2)23-15-7-8-16(24-12(3)4)19-13(15)5-6-14(19)20-17(21)9-10-18(20)22/h7-12,14H,5-6H2,1-4H3/t14-/m0/s1. The summed E-state index contributed by atoms with van der Waals surface area (Å²) in [7, 11) is 0. The van der Waals surface area contributed by atoms with Crippen molar-refractivity contribution < 1.29 is 19.1 Å². The first-order chi connectivity index (χ1) is 11.4. The Bertz CT molecular complexity index is 688. The van der Waals surface area contributed by atoms with Gasteiger partial charge in [-0.3, -0.25) is 14.5 Å². The van der Waals surface area contributed by atoms with Crippen LogP contribution in [0.2, 0.25) is 0 Å². The van der Waals surface area contributed by atoms with Crippen molar-refractivity contribution in [2.75, 3.05) is 0 Å². The average molecular weight is 329 g/mol. The summed E-state index contributed by atoms with van der Waals surface area (Å²) in [5, 5.41) is 0. The summed E-state index contributed by atoms with van der Waals surface area (Å²) in [5.41, 5.74) is 1.95. The quantitative estimate of drug-likeness (QED) is 0.779. The van der Waals surface area contributed by atoms with Crippen LogP contribution in [0.25, 0.3) is 0 Å². The van der Waals surface area contributed by atoms with Gasteiger partial charge in [0, 0.05) is 23.3 Å². The van der Waals surface area contributed by atoms with Gasteiger partial charge in [-0.25, -0.2) is 0 Å². The number of amides is 2. The smallest absolute Gasteiger partial charge is 0.254 e. The van der Waals surface area contributed by atoms with Crippen molar-refractivity contribution in [1.82, 2.24) is 4.90 Å². The maximum absolute atomic E-state index is 12.1. The van der Waals surface area contributed by atoms with Crippen LogP contribution in [-0.2, 0) is 16.0 Å². The number of ether oxygens (including phenoxy) is 2. The Balaban J connectivity index is 2.05. The number of rotatable bonds is 5. The van der Waals surface area contributed by atoms with Gasteiger partial charge in [-0.15, -0.1) is 0 Å². The van der Waals surface area contributed by atoms with Crippen LogP contribution in [0, 0.1) is 0 Å². The molecular weight excluding hydrogens is 306 g/mol. The number of fused-ring (bicyclic) bond motifs is 1. The molecule has 128 valence electrons. The molecule has 5 nitrogen and oxygen atoms in total. The lowest BCUT2D eigenvalue weighted by Gasteiger charge is -2.26. The first kappa shape index (κ1) is 16.6. The summed E-state index contributed by atoms with van der Waals surface area (Å²) < 4.78 is 11.9. The molecule has 0 aromatic heterocycles. The Morgan fingerprint density at radius 1 is 0.958 bits per heavy atom. The summed E-state index contributed by atoms with van der Waals surface area (Å²) >= 11 is 0. The first-order valence-electron chi connectivity index (χ1n) is 8.42. The van der Waals surface area contributed by atoms with Gasteiger partial charge in [0.1, 0.15) is 11.5 Å². The number of benzene rings is 1. The molecule has 1 aliphatic heterocycles. The number of nitrogens with zero attached hydrogens (tertiary/aromatic N) is 1. The number of carbonyl (C=O) groups is 2. The molecule has 1 atom stereocenters. The molecule has 5 heteroatoms. The summed E-state index contributed by atoms with van der Waals surface area (Å²) in [6, 6.07) is 3.51. The lowest BCUT2D eigenvalue weighted by Crippen LogP contribution is -2.33. The Morgan fingerprint density at radius 2 is 1.50 bits per heavy atom. The minimum absolute atomic E-state index is 0.00956. The zero-order valence-electron chi connectivity index (χ0n) is 14.5. The van der Waals surface area contributed by atoms with Gasteiger partial charge < -0.3 is 9.47 Å². The van der Waals surface area contributed by atoms with Crippen LogP contribution < -0.4 is 9.47 Å². The van der Waals surface area contributed by atoms with Crippen LogP contribution in [0.5, 0.6) is 11.5 Å². The van der Waals surface area contributed by atoms with Crippen molar-refractivity contribution in [3.05, 3.63) is 35.4 Å². The van der Waals surface area contributed by atoms with Gasteiger partial charge in [-0.1, -0.05) is 0 Å². The fourth-order valence-electron chi connectivity index (χ4n) is 3.37. The molecule has 0 radical (unpaired) electrons. The number of carbonyl (C=O) groups excluding carboxylic acids is 2. The van der Waals surface area contributed by atoms with Crippen molar-refractivity contribution in [2.45, 2.75) is 58.8 Å². The maximum atomic E-state index is 12.1. The third-order valence-electron chi connectivity index (χ3n) is 4.16. The van der Waals surface area contributed by atoms with E-state index in [1.54, 1.807) is 0 Å². The molecule has 0 fully saturated rings. The van der Waals surface area contributed by atoms with Crippen LogP contribution in [0.15, 0.2) is 24.3 Å².